The minimum Gasteiger partial charge on any atom is -0.391 e. The van der Waals surface area contributed by atoms with Gasteiger partial charge in [-0.1, -0.05) is 14.9 Å². The third kappa shape index (κ3) is 20.1. The van der Waals surface area contributed by atoms with E-state index < -0.39 is 12.2 Å². The first kappa shape index (κ1) is 24.8. The number of hydrogen-bond acceptors (Lipinski definition) is 5. The summed E-state index contributed by atoms with van der Waals surface area (Å²) in [5, 5.41) is 18.0. The second-order valence-corrected chi connectivity index (χ2v) is 4.70. The largest absolute Gasteiger partial charge is 0.391 e. The SMILES string of the molecule is C.C.CC(O)COCCCCOCC(C)OCC(C)O. The maximum Gasteiger partial charge on any atom is 0.0781 e. The van der Waals surface area contributed by atoms with E-state index in [2.05, 4.69) is 0 Å². The van der Waals surface area contributed by atoms with Crippen molar-refractivity contribution in [3.8, 4) is 0 Å². The topological polar surface area (TPSA) is 68.2 Å². The minimum absolute atomic E-state index is 0. The molecule has 3 atom stereocenters. The van der Waals surface area contributed by atoms with E-state index in [1.165, 1.54) is 0 Å². The van der Waals surface area contributed by atoms with Crippen LogP contribution in [-0.4, -0.2) is 61.6 Å². The Morgan fingerprint density at radius 1 is 0.750 bits per heavy atom. The summed E-state index contributed by atoms with van der Waals surface area (Å²) >= 11 is 0. The summed E-state index contributed by atoms with van der Waals surface area (Å²) in [6.07, 6.45) is 1.04. The van der Waals surface area contributed by atoms with Gasteiger partial charge in [-0.3, -0.25) is 0 Å². The van der Waals surface area contributed by atoms with Crippen LogP contribution in [0.15, 0.2) is 0 Å². The molecule has 0 aromatic carbocycles. The van der Waals surface area contributed by atoms with E-state index in [9.17, 15) is 0 Å². The van der Waals surface area contributed by atoms with E-state index >= 15 is 0 Å². The molecule has 0 aliphatic carbocycles. The highest BCUT2D eigenvalue weighted by Crippen LogP contribution is 1.97. The van der Waals surface area contributed by atoms with Crippen LogP contribution in [0.5, 0.6) is 0 Å². The Bertz CT molecular complexity index is 174. The highest BCUT2D eigenvalue weighted by molar-refractivity contribution is 4.50. The molecule has 0 heterocycles. The van der Waals surface area contributed by atoms with Crippen LogP contribution < -0.4 is 0 Å². The molecule has 0 saturated carbocycles. The molecular formula is C15H36O5. The lowest BCUT2D eigenvalue weighted by atomic mass is 10.3. The monoisotopic (exact) mass is 296 g/mol. The lowest BCUT2D eigenvalue weighted by molar-refractivity contribution is -0.0376. The van der Waals surface area contributed by atoms with Crippen molar-refractivity contribution in [3.05, 3.63) is 0 Å². The van der Waals surface area contributed by atoms with Crippen molar-refractivity contribution in [2.45, 2.75) is 66.8 Å². The molecule has 0 aromatic rings. The van der Waals surface area contributed by atoms with Crippen LogP contribution >= 0.6 is 0 Å². The van der Waals surface area contributed by atoms with Crippen molar-refractivity contribution in [2.24, 2.45) is 0 Å². The number of aliphatic hydroxyl groups is 2. The van der Waals surface area contributed by atoms with Gasteiger partial charge in [-0.2, -0.15) is 0 Å². The molecule has 0 aromatic heterocycles. The van der Waals surface area contributed by atoms with Crippen LogP contribution in [0.2, 0.25) is 0 Å². The van der Waals surface area contributed by atoms with Crippen LogP contribution in [0.4, 0.5) is 0 Å². The predicted molar refractivity (Wildman–Crippen MR) is 83.1 cm³/mol. The molecule has 126 valence electrons. The third-order valence-corrected chi connectivity index (χ3v) is 2.16. The van der Waals surface area contributed by atoms with E-state index in [1.54, 1.807) is 13.8 Å². The molecule has 5 heteroatoms. The molecule has 20 heavy (non-hydrogen) atoms. The molecule has 0 rings (SSSR count). The smallest absolute Gasteiger partial charge is 0.0781 e. The predicted octanol–water partition coefficient (Wildman–Crippen LogP) is 2.24. The van der Waals surface area contributed by atoms with Crippen LogP contribution in [-0.2, 0) is 14.2 Å². The highest BCUT2D eigenvalue weighted by atomic mass is 16.5. The van der Waals surface area contributed by atoms with Crippen LogP contribution in [0.25, 0.3) is 0 Å². The first-order valence-electron chi connectivity index (χ1n) is 6.65. The first-order valence-corrected chi connectivity index (χ1v) is 6.65. The van der Waals surface area contributed by atoms with Crippen LogP contribution in [0, 0.1) is 0 Å². The minimum atomic E-state index is -0.432. The zero-order valence-corrected chi connectivity index (χ0v) is 11.8. The normalized spacial score (nSPS) is 14.8. The summed E-state index contributed by atoms with van der Waals surface area (Å²) in [6.45, 7) is 7.94. The fourth-order valence-electron chi connectivity index (χ4n) is 1.26. The highest BCUT2D eigenvalue weighted by Gasteiger charge is 2.04. The summed E-state index contributed by atoms with van der Waals surface area (Å²) in [5.41, 5.74) is 0. The van der Waals surface area contributed by atoms with Crippen molar-refractivity contribution in [1.82, 2.24) is 0 Å². The van der Waals surface area contributed by atoms with Gasteiger partial charge in [-0.05, 0) is 33.6 Å². The molecule has 5 nitrogen and oxygen atoms in total. The molecule has 0 amide bonds. The number of unbranched alkanes of at least 4 members (excludes halogenated alkanes) is 1. The third-order valence-electron chi connectivity index (χ3n) is 2.16. The zero-order valence-electron chi connectivity index (χ0n) is 11.8. The van der Waals surface area contributed by atoms with Gasteiger partial charge in [0.2, 0.25) is 0 Å². The number of ether oxygens (including phenoxy) is 3. The summed E-state index contributed by atoms with van der Waals surface area (Å²) in [4.78, 5) is 0. The van der Waals surface area contributed by atoms with Gasteiger partial charge in [0.15, 0.2) is 0 Å². The molecule has 0 spiro atoms. The molecule has 0 aliphatic rings. The van der Waals surface area contributed by atoms with Gasteiger partial charge in [-0.15, -0.1) is 0 Å². The quantitative estimate of drug-likeness (QED) is 0.541. The average Bonchev–Trinajstić information content (AvgIpc) is 2.29. The summed E-state index contributed by atoms with van der Waals surface area (Å²) < 4.78 is 16.0. The van der Waals surface area contributed by atoms with Gasteiger partial charge in [0.25, 0.3) is 0 Å². The van der Waals surface area contributed by atoms with Gasteiger partial charge >= 0.3 is 0 Å². The number of hydrogen-bond donors (Lipinski definition) is 2. The van der Waals surface area contributed by atoms with Gasteiger partial charge in [0, 0.05) is 13.2 Å². The fraction of sp³-hybridized carbons (Fsp3) is 1.00. The first-order chi connectivity index (χ1) is 8.52. The van der Waals surface area contributed by atoms with Gasteiger partial charge in [0.05, 0.1) is 38.1 Å². The Balaban J connectivity index is -0.00000144. The van der Waals surface area contributed by atoms with E-state index in [-0.39, 0.29) is 21.0 Å². The maximum atomic E-state index is 9.03. The fourth-order valence-corrected chi connectivity index (χ4v) is 1.26. The van der Waals surface area contributed by atoms with Gasteiger partial charge in [0.1, 0.15) is 0 Å². The van der Waals surface area contributed by atoms with Crippen molar-refractivity contribution in [1.29, 1.82) is 0 Å². The lowest BCUT2D eigenvalue weighted by Gasteiger charge is -2.14. The Morgan fingerprint density at radius 3 is 1.65 bits per heavy atom. The van der Waals surface area contributed by atoms with Crippen molar-refractivity contribution >= 4 is 0 Å². The molecule has 0 aliphatic heterocycles. The van der Waals surface area contributed by atoms with E-state index in [0.717, 1.165) is 12.8 Å². The molecule has 3 unspecified atom stereocenters. The van der Waals surface area contributed by atoms with Crippen molar-refractivity contribution in [2.75, 3.05) is 33.0 Å². The second kappa shape index (κ2) is 16.9. The Kier molecular flexibility index (Phi) is 20.9. The Hall–Kier alpha value is -0.200. The maximum absolute atomic E-state index is 9.03. The molecular weight excluding hydrogens is 260 g/mol. The van der Waals surface area contributed by atoms with Crippen molar-refractivity contribution in [3.63, 3.8) is 0 Å². The molecule has 0 radical (unpaired) electrons. The molecule has 0 bridgehead atoms. The Labute approximate surface area is 125 Å². The standard InChI is InChI=1S/C13H28O5.2CH4/c1-11(14)8-16-6-4-5-7-17-10-13(3)18-9-12(2)15;;/h11-15H,4-10H2,1-3H3;2*1H4. The van der Waals surface area contributed by atoms with E-state index in [1.807, 2.05) is 6.92 Å². The number of rotatable bonds is 12. The zero-order chi connectivity index (χ0) is 13.8. The number of aliphatic hydroxyl groups excluding tert-OH is 2. The Morgan fingerprint density at radius 2 is 1.20 bits per heavy atom. The second-order valence-electron chi connectivity index (χ2n) is 4.70. The lowest BCUT2D eigenvalue weighted by Crippen LogP contribution is -2.21. The van der Waals surface area contributed by atoms with E-state index in [4.69, 9.17) is 24.4 Å². The van der Waals surface area contributed by atoms with Crippen LogP contribution in [0.3, 0.4) is 0 Å². The summed E-state index contributed by atoms with van der Waals surface area (Å²) in [6, 6.07) is 0. The molecule has 0 saturated heterocycles. The average molecular weight is 296 g/mol. The van der Waals surface area contributed by atoms with Crippen molar-refractivity contribution < 1.29 is 24.4 Å². The van der Waals surface area contributed by atoms with Gasteiger partial charge < -0.3 is 24.4 Å². The molecule has 0 fully saturated rings. The molecule has 2 N–H and O–H groups in total. The van der Waals surface area contributed by atoms with Gasteiger partial charge in [-0.25, -0.2) is 0 Å². The van der Waals surface area contributed by atoms with E-state index in [0.29, 0.717) is 33.0 Å². The summed E-state index contributed by atoms with van der Waals surface area (Å²) in [7, 11) is 0. The summed E-state index contributed by atoms with van der Waals surface area (Å²) in [5.74, 6) is 0. The van der Waals surface area contributed by atoms with Crippen LogP contribution in [0.1, 0.15) is 48.5 Å².